The summed E-state index contributed by atoms with van der Waals surface area (Å²) < 4.78 is 1.96. The first-order chi connectivity index (χ1) is 8.31. The van der Waals surface area contributed by atoms with Crippen LogP contribution in [0.15, 0.2) is 42.9 Å². The summed E-state index contributed by atoms with van der Waals surface area (Å²) in [6, 6.07) is 9.91. The van der Waals surface area contributed by atoms with E-state index in [1.54, 1.807) is 6.33 Å². The lowest BCUT2D eigenvalue weighted by atomic mass is 10.1. The van der Waals surface area contributed by atoms with Crippen molar-refractivity contribution in [2.24, 2.45) is 7.05 Å². The fourth-order valence-corrected chi connectivity index (χ4v) is 1.76. The van der Waals surface area contributed by atoms with Gasteiger partial charge in [-0.15, -0.1) is 0 Å². The van der Waals surface area contributed by atoms with Crippen LogP contribution in [-0.2, 0) is 13.6 Å². The van der Waals surface area contributed by atoms with E-state index in [4.69, 9.17) is 0 Å². The molecule has 2 aromatic rings. The molecule has 1 aromatic heterocycles. The molecule has 0 fully saturated rings. The Balaban J connectivity index is 1.99. The van der Waals surface area contributed by atoms with Crippen LogP contribution < -0.4 is 5.32 Å². The van der Waals surface area contributed by atoms with E-state index in [1.807, 2.05) is 48.1 Å². The molecule has 0 saturated heterocycles. The average Bonchev–Trinajstić information content (AvgIpc) is 2.77. The van der Waals surface area contributed by atoms with Gasteiger partial charge in [0.25, 0.3) is 0 Å². The molecule has 0 aliphatic heterocycles. The molecule has 2 rings (SSSR count). The zero-order chi connectivity index (χ0) is 12.1. The number of nitrogens with one attached hydrogen (secondary N) is 1. The number of imidazole rings is 1. The van der Waals surface area contributed by atoms with Crippen LogP contribution in [0.2, 0.25) is 0 Å². The summed E-state index contributed by atoms with van der Waals surface area (Å²) in [6.45, 7) is 0.776. The van der Waals surface area contributed by atoms with Gasteiger partial charge in [-0.05, 0) is 5.56 Å². The lowest BCUT2D eigenvalue weighted by Crippen LogP contribution is -2.24. The standard InChI is InChI=1S/C13H17N3O/c1-16-10-14-7-12(16)8-15-13(9-17)11-5-3-2-4-6-11/h2-7,10,13,15,17H,8-9H2,1H3/t13-/m0/s1. The predicted molar refractivity (Wildman–Crippen MR) is 66.3 cm³/mol. The van der Waals surface area contributed by atoms with Crippen molar-refractivity contribution in [1.29, 1.82) is 0 Å². The van der Waals surface area contributed by atoms with Crippen molar-refractivity contribution in [1.82, 2.24) is 14.9 Å². The fourth-order valence-electron chi connectivity index (χ4n) is 1.76. The molecule has 0 bridgehead atoms. The summed E-state index contributed by atoms with van der Waals surface area (Å²) in [5.74, 6) is 0. The molecular formula is C13H17N3O. The molecule has 0 aliphatic carbocycles. The Labute approximate surface area is 101 Å². The molecular weight excluding hydrogens is 214 g/mol. The van der Waals surface area contributed by atoms with Crippen molar-refractivity contribution in [3.05, 3.63) is 54.1 Å². The second-order valence-electron chi connectivity index (χ2n) is 4.02. The third kappa shape index (κ3) is 2.93. The minimum absolute atomic E-state index is 0.0360. The van der Waals surface area contributed by atoms with Gasteiger partial charge in [-0.3, -0.25) is 0 Å². The Hall–Kier alpha value is -1.65. The van der Waals surface area contributed by atoms with Gasteiger partial charge in [-0.1, -0.05) is 30.3 Å². The lowest BCUT2D eigenvalue weighted by Gasteiger charge is -2.16. The normalized spacial score (nSPS) is 12.6. The zero-order valence-electron chi connectivity index (χ0n) is 9.87. The number of aliphatic hydroxyl groups is 1. The third-order valence-corrected chi connectivity index (χ3v) is 2.83. The van der Waals surface area contributed by atoms with Crippen LogP contribution in [0, 0.1) is 0 Å². The Morgan fingerprint density at radius 3 is 2.71 bits per heavy atom. The molecule has 0 spiro atoms. The van der Waals surface area contributed by atoms with Crippen LogP contribution in [0.25, 0.3) is 0 Å². The summed E-state index contributed by atoms with van der Waals surface area (Å²) in [7, 11) is 1.96. The molecule has 90 valence electrons. The average molecular weight is 231 g/mol. The summed E-state index contributed by atoms with van der Waals surface area (Å²) >= 11 is 0. The number of hydrogen-bond donors (Lipinski definition) is 2. The summed E-state index contributed by atoms with van der Waals surface area (Å²) in [6.07, 6.45) is 3.60. The monoisotopic (exact) mass is 231 g/mol. The highest BCUT2D eigenvalue weighted by molar-refractivity contribution is 5.19. The quantitative estimate of drug-likeness (QED) is 0.814. The predicted octanol–water partition coefficient (Wildman–Crippen LogP) is 1.24. The molecule has 2 N–H and O–H groups in total. The van der Waals surface area contributed by atoms with Gasteiger partial charge in [0.05, 0.1) is 24.7 Å². The Morgan fingerprint density at radius 2 is 2.12 bits per heavy atom. The van der Waals surface area contributed by atoms with Gasteiger partial charge in [0.1, 0.15) is 0 Å². The molecule has 1 aromatic carbocycles. The van der Waals surface area contributed by atoms with Crippen molar-refractivity contribution < 1.29 is 5.11 Å². The first kappa shape index (κ1) is 11.8. The van der Waals surface area contributed by atoms with Gasteiger partial charge < -0.3 is 15.0 Å². The highest BCUT2D eigenvalue weighted by Crippen LogP contribution is 2.12. The minimum atomic E-state index is -0.0360. The van der Waals surface area contributed by atoms with Crippen LogP contribution in [0.3, 0.4) is 0 Å². The van der Waals surface area contributed by atoms with Crippen LogP contribution in [0.4, 0.5) is 0 Å². The molecule has 0 aliphatic rings. The molecule has 0 amide bonds. The number of aliphatic hydroxyl groups excluding tert-OH is 1. The molecule has 1 heterocycles. The highest BCUT2D eigenvalue weighted by atomic mass is 16.3. The summed E-state index contributed by atoms with van der Waals surface area (Å²) in [5.41, 5.74) is 2.19. The van der Waals surface area contributed by atoms with E-state index < -0.39 is 0 Å². The van der Waals surface area contributed by atoms with E-state index >= 15 is 0 Å². The van der Waals surface area contributed by atoms with Gasteiger partial charge in [-0.25, -0.2) is 4.98 Å². The van der Waals surface area contributed by atoms with Crippen LogP contribution in [0.1, 0.15) is 17.3 Å². The maximum Gasteiger partial charge on any atom is 0.0945 e. The highest BCUT2D eigenvalue weighted by Gasteiger charge is 2.09. The van der Waals surface area contributed by atoms with E-state index in [2.05, 4.69) is 10.3 Å². The summed E-state index contributed by atoms with van der Waals surface area (Å²) in [4.78, 5) is 4.06. The Bertz CT molecular complexity index is 453. The van der Waals surface area contributed by atoms with Gasteiger partial charge in [-0.2, -0.15) is 0 Å². The van der Waals surface area contributed by atoms with E-state index in [9.17, 15) is 5.11 Å². The van der Waals surface area contributed by atoms with E-state index in [0.29, 0.717) is 6.54 Å². The molecule has 4 heteroatoms. The first-order valence-electron chi connectivity index (χ1n) is 5.65. The van der Waals surface area contributed by atoms with Gasteiger partial charge >= 0.3 is 0 Å². The smallest absolute Gasteiger partial charge is 0.0945 e. The van der Waals surface area contributed by atoms with Crippen molar-refractivity contribution in [3.8, 4) is 0 Å². The molecule has 0 radical (unpaired) electrons. The lowest BCUT2D eigenvalue weighted by molar-refractivity contribution is 0.243. The van der Waals surface area contributed by atoms with Crippen molar-refractivity contribution in [2.75, 3.05) is 6.61 Å². The van der Waals surface area contributed by atoms with Gasteiger partial charge in [0.15, 0.2) is 0 Å². The number of benzene rings is 1. The van der Waals surface area contributed by atoms with Gasteiger partial charge in [0, 0.05) is 19.8 Å². The van der Waals surface area contributed by atoms with E-state index in [0.717, 1.165) is 11.3 Å². The Kier molecular flexibility index (Phi) is 3.90. The maximum absolute atomic E-state index is 9.39. The van der Waals surface area contributed by atoms with E-state index in [-0.39, 0.29) is 12.6 Å². The first-order valence-corrected chi connectivity index (χ1v) is 5.65. The SMILES string of the molecule is Cn1cncc1CN[C@@H](CO)c1ccccc1. The molecule has 0 unspecified atom stereocenters. The van der Waals surface area contributed by atoms with Crippen LogP contribution in [-0.4, -0.2) is 21.3 Å². The van der Waals surface area contributed by atoms with Crippen molar-refractivity contribution in [2.45, 2.75) is 12.6 Å². The van der Waals surface area contributed by atoms with Crippen molar-refractivity contribution in [3.63, 3.8) is 0 Å². The van der Waals surface area contributed by atoms with E-state index in [1.165, 1.54) is 0 Å². The minimum Gasteiger partial charge on any atom is -0.394 e. The maximum atomic E-state index is 9.39. The molecule has 4 nitrogen and oxygen atoms in total. The van der Waals surface area contributed by atoms with Gasteiger partial charge in [0.2, 0.25) is 0 Å². The summed E-state index contributed by atoms with van der Waals surface area (Å²) in [5, 5.41) is 12.7. The number of hydrogen-bond acceptors (Lipinski definition) is 3. The topological polar surface area (TPSA) is 50.1 Å². The Morgan fingerprint density at radius 1 is 1.35 bits per heavy atom. The number of nitrogens with zero attached hydrogens (tertiary/aromatic N) is 2. The fraction of sp³-hybridized carbons (Fsp3) is 0.308. The largest absolute Gasteiger partial charge is 0.394 e. The molecule has 1 atom stereocenters. The number of rotatable bonds is 5. The molecule has 17 heavy (non-hydrogen) atoms. The van der Waals surface area contributed by atoms with Crippen LogP contribution in [0.5, 0.6) is 0 Å². The van der Waals surface area contributed by atoms with Crippen LogP contribution >= 0.6 is 0 Å². The van der Waals surface area contributed by atoms with Crippen molar-refractivity contribution >= 4 is 0 Å². The molecule has 0 saturated carbocycles. The number of aryl methyl sites for hydroxylation is 1. The number of aromatic nitrogens is 2. The zero-order valence-corrected chi connectivity index (χ0v) is 9.87. The second kappa shape index (κ2) is 5.61. The third-order valence-electron chi connectivity index (χ3n) is 2.83. The second-order valence-corrected chi connectivity index (χ2v) is 4.02.